The van der Waals surface area contributed by atoms with Gasteiger partial charge in [0.25, 0.3) is 0 Å². The zero-order chi connectivity index (χ0) is 10.9. The number of benzene rings is 1. The van der Waals surface area contributed by atoms with Crippen molar-refractivity contribution in [2.45, 2.75) is 6.18 Å². The maximum atomic E-state index is 12.6. The normalized spacial score (nSPS) is 11.1. The summed E-state index contributed by atoms with van der Waals surface area (Å²) in [7, 11) is 0. The van der Waals surface area contributed by atoms with Crippen LogP contribution in [0.1, 0.15) is 11.1 Å². The molecule has 0 saturated carbocycles. The Kier molecular flexibility index (Phi) is 2.43. The van der Waals surface area contributed by atoms with Crippen LogP contribution in [0.3, 0.4) is 0 Å². The Bertz CT molecular complexity index is 401. The summed E-state index contributed by atoms with van der Waals surface area (Å²) in [5.41, 5.74) is -2.48. The summed E-state index contributed by atoms with van der Waals surface area (Å²) >= 11 is 0. The molecule has 1 aromatic rings. The van der Waals surface area contributed by atoms with E-state index in [4.69, 9.17) is 5.26 Å². The maximum absolute atomic E-state index is 12.6. The fraction of sp³-hybridized carbons (Fsp3) is 0.125. The van der Waals surface area contributed by atoms with Gasteiger partial charge < -0.3 is 0 Å². The SMILES string of the molecule is N#Cc1cc(C(F)(F)F)c(F)cc1F. The number of alkyl halides is 3. The first-order valence-electron chi connectivity index (χ1n) is 3.32. The molecule has 0 bridgehead atoms. The van der Waals surface area contributed by atoms with Gasteiger partial charge in [-0.2, -0.15) is 18.4 Å². The van der Waals surface area contributed by atoms with Gasteiger partial charge in [0.1, 0.15) is 17.7 Å². The van der Waals surface area contributed by atoms with E-state index in [1.54, 1.807) is 0 Å². The molecule has 1 aromatic carbocycles. The van der Waals surface area contributed by atoms with Crippen LogP contribution < -0.4 is 0 Å². The average Bonchev–Trinajstić information content (AvgIpc) is 2.02. The third-order valence-electron chi connectivity index (χ3n) is 1.48. The molecule has 0 radical (unpaired) electrons. The van der Waals surface area contributed by atoms with E-state index in [2.05, 4.69) is 0 Å². The molecule has 0 unspecified atom stereocenters. The number of hydrogen-bond acceptors (Lipinski definition) is 1. The quantitative estimate of drug-likeness (QED) is 0.600. The number of hydrogen-bond donors (Lipinski definition) is 0. The summed E-state index contributed by atoms with van der Waals surface area (Å²) in [5, 5.41) is 8.22. The Morgan fingerprint density at radius 2 is 1.64 bits per heavy atom. The van der Waals surface area contributed by atoms with Crippen molar-refractivity contribution in [1.82, 2.24) is 0 Å². The van der Waals surface area contributed by atoms with Crippen molar-refractivity contribution in [2.75, 3.05) is 0 Å². The van der Waals surface area contributed by atoms with E-state index >= 15 is 0 Å². The lowest BCUT2D eigenvalue weighted by Gasteiger charge is -2.07. The first kappa shape index (κ1) is 10.4. The van der Waals surface area contributed by atoms with Gasteiger partial charge in [-0.05, 0) is 6.07 Å². The lowest BCUT2D eigenvalue weighted by atomic mass is 10.1. The maximum Gasteiger partial charge on any atom is 0.419 e. The molecule has 0 amide bonds. The second-order valence-corrected chi connectivity index (χ2v) is 2.42. The predicted octanol–water partition coefficient (Wildman–Crippen LogP) is 2.86. The Labute approximate surface area is 75.4 Å². The van der Waals surface area contributed by atoms with Crippen molar-refractivity contribution in [3.63, 3.8) is 0 Å². The van der Waals surface area contributed by atoms with Gasteiger partial charge in [0.2, 0.25) is 0 Å². The van der Waals surface area contributed by atoms with Crippen LogP contribution in [-0.4, -0.2) is 0 Å². The van der Waals surface area contributed by atoms with E-state index in [1.165, 1.54) is 6.07 Å². The van der Waals surface area contributed by atoms with Crippen LogP contribution in [0.25, 0.3) is 0 Å². The van der Waals surface area contributed by atoms with E-state index in [0.717, 1.165) is 0 Å². The molecule has 0 aliphatic carbocycles. The first-order chi connectivity index (χ1) is 6.36. The zero-order valence-electron chi connectivity index (χ0n) is 6.49. The van der Waals surface area contributed by atoms with Crippen LogP contribution >= 0.6 is 0 Å². The number of nitrogens with zero attached hydrogens (tertiary/aromatic N) is 1. The van der Waals surface area contributed by atoms with Gasteiger partial charge in [0.15, 0.2) is 0 Å². The minimum atomic E-state index is -4.93. The predicted molar refractivity (Wildman–Crippen MR) is 36.1 cm³/mol. The highest BCUT2D eigenvalue weighted by Gasteiger charge is 2.35. The van der Waals surface area contributed by atoms with E-state index < -0.39 is 28.9 Å². The molecule has 74 valence electrons. The van der Waals surface area contributed by atoms with Gasteiger partial charge in [-0.25, -0.2) is 8.78 Å². The summed E-state index contributed by atoms with van der Waals surface area (Å²) in [5.74, 6) is -3.04. The summed E-state index contributed by atoms with van der Waals surface area (Å²) in [6.45, 7) is 0. The Morgan fingerprint density at radius 1 is 1.07 bits per heavy atom. The fourth-order valence-corrected chi connectivity index (χ4v) is 0.852. The molecule has 1 rings (SSSR count). The highest BCUT2D eigenvalue weighted by atomic mass is 19.4. The molecule has 0 aliphatic rings. The summed E-state index contributed by atoms with van der Waals surface area (Å²) in [6.07, 6.45) is -4.93. The lowest BCUT2D eigenvalue weighted by Crippen LogP contribution is -2.09. The number of halogens is 5. The van der Waals surface area contributed by atoms with Crippen molar-refractivity contribution in [1.29, 1.82) is 5.26 Å². The van der Waals surface area contributed by atoms with Crippen molar-refractivity contribution in [2.24, 2.45) is 0 Å². The second kappa shape index (κ2) is 3.25. The summed E-state index contributed by atoms with van der Waals surface area (Å²) in [6, 6.07) is 1.38. The number of nitriles is 1. The van der Waals surface area contributed by atoms with Crippen molar-refractivity contribution in [3.05, 3.63) is 34.9 Å². The standard InChI is InChI=1S/C8H2F5N/c9-6-2-7(10)5(8(11,12)13)1-4(6)3-14/h1-2H. The summed E-state index contributed by atoms with van der Waals surface area (Å²) in [4.78, 5) is 0. The van der Waals surface area contributed by atoms with E-state index in [0.29, 0.717) is 0 Å². The van der Waals surface area contributed by atoms with Crippen LogP contribution in [0.4, 0.5) is 22.0 Å². The van der Waals surface area contributed by atoms with Gasteiger partial charge in [0.05, 0.1) is 11.1 Å². The largest absolute Gasteiger partial charge is 0.419 e. The minimum absolute atomic E-state index is 0.0430. The molecule has 0 saturated heterocycles. The molecule has 0 aromatic heterocycles. The van der Waals surface area contributed by atoms with Gasteiger partial charge in [0, 0.05) is 6.07 Å². The first-order valence-corrected chi connectivity index (χ1v) is 3.32. The van der Waals surface area contributed by atoms with Crippen molar-refractivity contribution in [3.8, 4) is 6.07 Å². The highest BCUT2D eigenvalue weighted by molar-refractivity contribution is 5.36. The van der Waals surface area contributed by atoms with Crippen LogP contribution in [0, 0.1) is 23.0 Å². The van der Waals surface area contributed by atoms with E-state index in [9.17, 15) is 22.0 Å². The van der Waals surface area contributed by atoms with Crippen LogP contribution in [0.5, 0.6) is 0 Å². The van der Waals surface area contributed by atoms with Crippen molar-refractivity contribution >= 4 is 0 Å². The molecule has 1 nitrogen and oxygen atoms in total. The topological polar surface area (TPSA) is 23.8 Å². The second-order valence-electron chi connectivity index (χ2n) is 2.42. The van der Waals surface area contributed by atoms with Crippen LogP contribution in [0.15, 0.2) is 12.1 Å². The average molecular weight is 207 g/mol. The molecule has 0 aliphatic heterocycles. The van der Waals surface area contributed by atoms with Crippen molar-refractivity contribution < 1.29 is 22.0 Å². The van der Waals surface area contributed by atoms with Gasteiger partial charge in [-0.15, -0.1) is 0 Å². The van der Waals surface area contributed by atoms with E-state index in [-0.39, 0.29) is 12.1 Å². The third-order valence-corrected chi connectivity index (χ3v) is 1.48. The highest BCUT2D eigenvalue weighted by Crippen LogP contribution is 2.32. The summed E-state index contributed by atoms with van der Waals surface area (Å²) < 4.78 is 61.3. The van der Waals surface area contributed by atoms with Crippen LogP contribution in [0.2, 0.25) is 0 Å². The fourth-order valence-electron chi connectivity index (χ4n) is 0.852. The third kappa shape index (κ3) is 1.82. The Morgan fingerprint density at radius 3 is 2.07 bits per heavy atom. The van der Waals surface area contributed by atoms with Gasteiger partial charge in [-0.3, -0.25) is 0 Å². The van der Waals surface area contributed by atoms with Gasteiger partial charge in [-0.1, -0.05) is 0 Å². The minimum Gasteiger partial charge on any atom is -0.206 e. The molecule has 14 heavy (non-hydrogen) atoms. The molecule has 0 heterocycles. The molecule has 6 heteroatoms. The molecule has 0 fully saturated rings. The monoisotopic (exact) mass is 207 g/mol. The zero-order valence-corrected chi connectivity index (χ0v) is 6.49. The number of rotatable bonds is 0. The molecule has 0 spiro atoms. The lowest BCUT2D eigenvalue weighted by molar-refractivity contribution is -0.140. The van der Waals surface area contributed by atoms with E-state index in [1.807, 2.05) is 0 Å². The van der Waals surface area contributed by atoms with Gasteiger partial charge >= 0.3 is 6.18 Å². The molecule has 0 atom stereocenters. The Balaban J connectivity index is 3.41. The van der Waals surface area contributed by atoms with Crippen LogP contribution in [-0.2, 0) is 6.18 Å². The molecular weight excluding hydrogens is 205 g/mol. The Hall–Kier alpha value is -1.64. The molecule has 0 N–H and O–H groups in total. The smallest absolute Gasteiger partial charge is 0.206 e. The molecular formula is C8H2F5N.